The lowest BCUT2D eigenvalue weighted by Gasteiger charge is -2.23. The summed E-state index contributed by atoms with van der Waals surface area (Å²) in [5, 5.41) is 2.66. The SMILES string of the molecule is CCCC(C)N(C)c1nc(C(=O)CCl)cs1. The summed E-state index contributed by atoms with van der Waals surface area (Å²) in [6.45, 7) is 4.32. The monoisotopic (exact) mass is 260 g/mol. The Hall–Kier alpha value is -0.610. The fraction of sp³-hybridized carbons (Fsp3) is 0.636. The van der Waals surface area contributed by atoms with Gasteiger partial charge in [0.25, 0.3) is 0 Å². The van der Waals surface area contributed by atoms with Crippen LogP contribution in [0.1, 0.15) is 37.2 Å². The molecule has 0 amide bonds. The highest BCUT2D eigenvalue weighted by molar-refractivity contribution is 7.14. The fourth-order valence-corrected chi connectivity index (χ4v) is 2.46. The molecule has 0 N–H and O–H groups in total. The van der Waals surface area contributed by atoms with Crippen molar-refractivity contribution in [3.63, 3.8) is 0 Å². The molecule has 0 aliphatic carbocycles. The first-order valence-electron chi connectivity index (χ1n) is 5.37. The lowest BCUT2D eigenvalue weighted by molar-refractivity contribution is 0.101. The number of carbonyl (C=O) groups excluding carboxylic acids is 1. The van der Waals surface area contributed by atoms with Gasteiger partial charge in [-0.25, -0.2) is 4.98 Å². The third-order valence-corrected chi connectivity index (χ3v) is 3.74. The molecule has 0 fully saturated rings. The maximum Gasteiger partial charge on any atom is 0.196 e. The number of alkyl halides is 1. The van der Waals surface area contributed by atoms with Crippen LogP contribution in [0.4, 0.5) is 5.13 Å². The van der Waals surface area contributed by atoms with Gasteiger partial charge in [-0.1, -0.05) is 13.3 Å². The average molecular weight is 261 g/mol. The Bertz CT molecular complexity index is 354. The third kappa shape index (κ3) is 3.19. The van der Waals surface area contributed by atoms with E-state index in [0.717, 1.165) is 18.0 Å². The summed E-state index contributed by atoms with van der Waals surface area (Å²) < 4.78 is 0. The van der Waals surface area contributed by atoms with Gasteiger partial charge in [-0.3, -0.25) is 4.79 Å². The van der Waals surface area contributed by atoms with Gasteiger partial charge >= 0.3 is 0 Å². The van der Waals surface area contributed by atoms with Gasteiger partial charge < -0.3 is 4.90 Å². The highest BCUT2D eigenvalue weighted by Gasteiger charge is 2.15. The average Bonchev–Trinajstić information content (AvgIpc) is 2.76. The van der Waals surface area contributed by atoms with E-state index in [1.807, 2.05) is 7.05 Å². The molecule has 1 rings (SSSR count). The van der Waals surface area contributed by atoms with Crippen molar-refractivity contribution in [1.29, 1.82) is 0 Å². The van der Waals surface area contributed by atoms with Crippen LogP contribution in [-0.2, 0) is 0 Å². The molecule has 90 valence electrons. The highest BCUT2D eigenvalue weighted by Crippen LogP contribution is 2.22. The summed E-state index contributed by atoms with van der Waals surface area (Å²) in [6, 6.07) is 0.440. The van der Waals surface area contributed by atoms with Crippen molar-refractivity contribution in [3.05, 3.63) is 11.1 Å². The third-order valence-electron chi connectivity index (χ3n) is 2.57. The summed E-state index contributed by atoms with van der Waals surface area (Å²) in [5.74, 6) is -0.113. The minimum atomic E-state index is -0.110. The van der Waals surface area contributed by atoms with E-state index in [9.17, 15) is 4.79 Å². The summed E-state index contributed by atoms with van der Waals surface area (Å²) in [7, 11) is 2.01. The largest absolute Gasteiger partial charge is 0.348 e. The number of nitrogens with zero attached hydrogens (tertiary/aromatic N) is 2. The number of hydrogen-bond donors (Lipinski definition) is 0. The molecule has 1 unspecified atom stereocenters. The molecule has 0 aromatic carbocycles. The van der Waals surface area contributed by atoms with Crippen molar-refractivity contribution >= 4 is 33.9 Å². The Morgan fingerprint density at radius 1 is 1.69 bits per heavy atom. The van der Waals surface area contributed by atoms with Crippen molar-refractivity contribution in [3.8, 4) is 0 Å². The summed E-state index contributed by atoms with van der Waals surface area (Å²) in [6.07, 6.45) is 2.26. The molecule has 1 aromatic rings. The van der Waals surface area contributed by atoms with Crippen LogP contribution in [0, 0.1) is 0 Å². The molecule has 0 spiro atoms. The molecule has 0 aliphatic heterocycles. The van der Waals surface area contributed by atoms with E-state index in [4.69, 9.17) is 11.6 Å². The Kier molecular flexibility index (Phi) is 5.22. The van der Waals surface area contributed by atoms with Crippen LogP contribution in [0.15, 0.2) is 5.38 Å². The second kappa shape index (κ2) is 6.21. The number of ketones is 1. The minimum absolute atomic E-state index is 0.00258. The lowest BCUT2D eigenvalue weighted by atomic mass is 10.2. The maximum atomic E-state index is 11.3. The van der Waals surface area contributed by atoms with Gasteiger partial charge in [0.15, 0.2) is 10.9 Å². The number of aromatic nitrogens is 1. The van der Waals surface area contributed by atoms with Crippen LogP contribution in [0.2, 0.25) is 0 Å². The Morgan fingerprint density at radius 3 is 2.94 bits per heavy atom. The summed E-state index contributed by atoms with van der Waals surface area (Å²) in [5.41, 5.74) is 0.477. The Labute approximate surface area is 105 Å². The van der Waals surface area contributed by atoms with Crippen LogP contribution >= 0.6 is 22.9 Å². The predicted molar refractivity (Wildman–Crippen MR) is 69.9 cm³/mol. The minimum Gasteiger partial charge on any atom is -0.348 e. The van der Waals surface area contributed by atoms with Gasteiger partial charge in [-0.15, -0.1) is 22.9 Å². The molecule has 0 saturated heterocycles. The number of Topliss-reactive ketones (excluding diaryl/α,β-unsaturated/α-hetero) is 1. The highest BCUT2D eigenvalue weighted by atomic mass is 35.5. The lowest BCUT2D eigenvalue weighted by Crippen LogP contribution is -2.28. The fourth-order valence-electron chi connectivity index (χ4n) is 1.42. The van der Waals surface area contributed by atoms with Gasteiger partial charge in [0.2, 0.25) is 0 Å². The second-order valence-electron chi connectivity index (χ2n) is 3.82. The van der Waals surface area contributed by atoms with E-state index in [1.54, 1.807) is 5.38 Å². The first-order chi connectivity index (χ1) is 7.60. The number of halogens is 1. The number of carbonyl (C=O) groups is 1. The topological polar surface area (TPSA) is 33.2 Å². The Balaban J connectivity index is 2.73. The zero-order valence-corrected chi connectivity index (χ0v) is 11.4. The van der Waals surface area contributed by atoms with E-state index in [1.165, 1.54) is 11.3 Å². The van der Waals surface area contributed by atoms with Crippen LogP contribution in [0.5, 0.6) is 0 Å². The zero-order valence-electron chi connectivity index (χ0n) is 9.86. The van der Waals surface area contributed by atoms with E-state index in [-0.39, 0.29) is 11.7 Å². The van der Waals surface area contributed by atoms with Crippen molar-refractivity contribution < 1.29 is 4.79 Å². The molecule has 0 bridgehead atoms. The van der Waals surface area contributed by atoms with Crippen LogP contribution < -0.4 is 4.90 Å². The van der Waals surface area contributed by atoms with Gasteiger partial charge in [0.1, 0.15) is 5.69 Å². The molecule has 5 heteroatoms. The molecule has 0 aliphatic rings. The number of anilines is 1. The summed E-state index contributed by atoms with van der Waals surface area (Å²) >= 11 is 6.98. The van der Waals surface area contributed by atoms with Crippen molar-refractivity contribution in [2.75, 3.05) is 17.8 Å². The molecule has 16 heavy (non-hydrogen) atoms. The molecule has 1 heterocycles. The van der Waals surface area contributed by atoms with E-state index in [2.05, 4.69) is 23.7 Å². The van der Waals surface area contributed by atoms with E-state index >= 15 is 0 Å². The molecule has 0 radical (unpaired) electrons. The van der Waals surface area contributed by atoms with E-state index in [0.29, 0.717) is 11.7 Å². The Morgan fingerprint density at radius 2 is 2.38 bits per heavy atom. The van der Waals surface area contributed by atoms with Gasteiger partial charge in [-0.05, 0) is 13.3 Å². The first-order valence-corrected chi connectivity index (χ1v) is 6.79. The maximum absolute atomic E-state index is 11.3. The number of thiazole rings is 1. The van der Waals surface area contributed by atoms with Crippen LogP contribution in [0.3, 0.4) is 0 Å². The standard InChI is InChI=1S/C11H17ClN2OS/c1-4-5-8(2)14(3)11-13-9(7-16-11)10(15)6-12/h7-8H,4-6H2,1-3H3. The normalized spacial score (nSPS) is 12.5. The number of rotatable bonds is 6. The number of hydrogen-bond acceptors (Lipinski definition) is 4. The molecule has 0 saturated carbocycles. The predicted octanol–water partition coefficient (Wildman–Crippen LogP) is 3.19. The molecular formula is C11H17ClN2OS. The molecular weight excluding hydrogens is 244 g/mol. The zero-order chi connectivity index (χ0) is 12.1. The summed E-state index contributed by atoms with van der Waals surface area (Å²) in [4.78, 5) is 17.7. The van der Waals surface area contributed by atoms with E-state index < -0.39 is 0 Å². The smallest absolute Gasteiger partial charge is 0.196 e. The quantitative estimate of drug-likeness (QED) is 0.582. The molecule has 3 nitrogen and oxygen atoms in total. The van der Waals surface area contributed by atoms with Gasteiger partial charge in [0, 0.05) is 18.5 Å². The molecule has 1 atom stereocenters. The second-order valence-corrected chi connectivity index (χ2v) is 4.92. The molecule has 1 aromatic heterocycles. The van der Waals surface area contributed by atoms with Crippen LogP contribution in [-0.4, -0.2) is 29.7 Å². The van der Waals surface area contributed by atoms with Crippen molar-refractivity contribution in [1.82, 2.24) is 4.98 Å². The van der Waals surface area contributed by atoms with Gasteiger partial charge in [-0.2, -0.15) is 0 Å². The van der Waals surface area contributed by atoms with Crippen molar-refractivity contribution in [2.45, 2.75) is 32.7 Å². The van der Waals surface area contributed by atoms with Gasteiger partial charge in [0.05, 0.1) is 5.88 Å². The first kappa shape index (κ1) is 13.5. The van der Waals surface area contributed by atoms with Crippen molar-refractivity contribution in [2.24, 2.45) is 0 Å². The van der Waals surface area contributed by atoms with Crippen LogP contribution in [0.25, 0.3) is 0 Å².